The molecule has 0 aliphatic rings. The van der Waals surface area contributed by atoms with Gasteiger partial charge in [-0.25, -0.2) is 8.78 Å². The number of nitro benzene ring substituents is 1. The lowest BCUT2D eigenvalue weighted by molar-refractivity contribution is -0.386. The van der Waals surface area contributed by atoms with Crippen molar-refractivity contribution >= 4 is 21.6 Å². The van der Waals surface area contributed by atoms with Gasteiger partial charge in [0, 0.05) is 11.4 Å². The molecule has 0 radical (unpaired) electrons. The minimum absolute atomic E-state index is 0.144. The first-order valence-electron chi connectivity index (χ1n) is 4.29. The monoisotopic (exact) mass is 295 g/mol. The molecule has 1 aromatic rings. The van der Waals surface area contributed by atoms with Crippen molar-refractivity contribution in [3.05, 3.63) is 33.9 Å². The van der Waals surface area contributed by atoms with Gasteiger partial charge in [0.05, 0.1) is 4.92 Å². The maximum Gasteiger partial charge on any atom is 0.311 e. The molecule has 1 rings (SSSR count). The van der Waals surface area contributed by atoms with Gasteiger partial charge in [-0.05, 0) is 11.6 Å². The molecule has 88 valence electrons. The third-order valence-electron chi connectivity index (χ3n) is 1.74. The van der Waals surface area contributed by atoms with Crippen LogP contribution >= 0.6 is 15.9 Å². The zero-order valence-corrected chi connectivity index (χ0v) is 9.62. The summed E-state index contributed by atoms with van der Waals surface area (Å²) in [5.41, 5.74) is 0.369. The minimum atomic E-state index is -2.66. The molecule has 7 heteroatoms. The Kier molecular flexibility index (Phi) is 4.60. The van der Waals surface area contributed by atoms with Gasteiger partial charge in [-0.3, -0.25) is 10.1 Å². The molecular weight excluding hydrogens is 288 g/mol. The van der Waals surface area contributed by atoms with E-state index in [-0.39, 0.29) is 11.4 Å². The molecular formula is C9H8BrF2NO3. The lowest BCUT2D eigenvalue weighted by atomic mass is 10.2. The molecule has 0 atom stereocenters. The first-order chi connectivity index (χ1) is 7.54. The second-order valence-electron chi connectivity index (χ2n) is 2.89. The zero-order valence-electron chi connectivity index (χ0n) is 8.03. The molecule has 4 nitrogen and oxygen atoms in total. The highest BCUT2D eigenvalue weighted by atomic mass is 79.9. The predicted molar refractivity (Wildman–Crippen MR) is 57.2 cm³/mol. The van der Waals surface area contributed by atoms with Crippen molar-refractivity contribution in [3.63, 3.8) is 0 Å². The second-order valence-corrected chi connectivity index (χ2v) is 3.46. The average Bonchev–Trinajstić information content (AvgIpc) is 2.25. The summed E-state index contributed by atoms with van der Waals surface area (Å²) in [5.74, 6) is -0.144. The topological polar surface area (TPSA) is 52.4 Å². The zero-order chi connectivity index (χ0) is 12.1. The van der Waals surface area contributed by atoms with E-state index in [1.54, 1.807) is 6.07 Å². The Bertz CT molecular complexity index is 387. The van der Waals surface area contributed by atoms with E-state index in [1.807, 2.05) is 0 Å². The summed E-state index contributed by atoms with van der Waals surface area (Å²) in [5, 5.41) is 11.1. The fourth-order valence-electron chi connectivity index (χ4n) is 1.06. The third kappa shape index (κ3) is 3.41. The highest BCUT2D eigenvalue weighted by Crippen LogP contribution is 2.28. The molecule has 0 bridgehead atoms. The van der Waals surface area contributed by atoms with Gasteiger partial charge < -0.3 is 4.74 Å². The quantitative estimate of drug-likeness (QED) is 0.476. The minimum Gasteiger partial charge on any atom is -0.481 e. The van der Waals surface area contributed by atoms with Gasteiger partial charge in [-0.2, -0.15) is 0 Å². The van der Waals surface area contributed by atoms with Gasteiger partial charge in [0.25, 0.3) is 6.43 Å². The highest BCUT2D eigenvalue weighted by molar-refractivity contribution is 9.08. The van der Waals surface area contributed by atoms with E-state index in [2.05, 4.69) is 20.7 Å². The SMILES string of the molecule is O=[N+]([O-])c1cc(CBr)ccc1OCC(F)F. The van der Waals surface area contributed by atoms with E-state index in [4.69, 9.17) is 0 Å². The van der Waals surface area contributed by atoms with Crippen LogP contribution in [0.2, 0.25) is 0 Å². The Morgan fingerprint density at radius 3 is 2.69 bits per heavy atom. The van der Waals surface area contributed by atoms with Gasteiger partial charge >= 0.3 is 5.69 Å². The normalized spacial score (nSPS) is 10.5. The summed E-state index contributed by atoms with van der Waals surface area (Å²) >= 11 is 3.14. The molecule has 0 aromatic heterocycles. The van der Waals surface area contributed by atoms with Crippen LogP contribution < -0.4 is 4.74 Å². The van der Waals surface area contributed by atoms with Crippen molar-refractivity contribution in [1.29, 1.82) is 0 Å². The summed E-state index contributed by atoms with van der Waals surface area (Å²) < 4.78 is 28.4. The maximum atomic E-state index is 11.9. The summed E-state index contributed by atoms with van der Waals surface area (Å²) in [4.78, 5) is 10.00. The van der Waals surface area contributed by atoms with Crippen molar-refractivity contribution in [2.45, 2.75) is 11.8 Å². The van der Waals surface area contributed by atoms with Crippen LogP contribution in [-0.4, -0.2) is 18.0 Å². The maximum absolute atomic E-state index is 11.9. The number of halogens is 3. The van der Waals surface area contributed by atoms with Crippen molar-refractivity contribution in [2.75, 3.05) is 6.61 Å². The van der Waals surface area contributed by atoms with Crippen LogP contribution in [-0.2, 0) is 5.33 Å². The van der Waals surface area contributed by atoms with Gasteiger partial charge in [0.1, 0.15) is 6.61 Å². The van der Waals surface area contributed by atoms with Gasteiger partial charge in [0.2, 0.25) is 0 Å². The van der Waals surface area contributed by atoms with Crippen molar-refractivity contribution in [2.24, 2.45) is 0 Å². The van der Waals surface area contributed by atoms with Crippen molar-refractivity contribution in [1.82, 2.24) is 0 Å². The summed E-state index contributed by atoms with van der Waals surface area (Å²) in [6.07, 6.45) is -2.66. The predicted octanol–water partition coefficient (Wildman–Crippen LogP) is 3.13. The molecule has 0 aliphatic heterocycles. The van der Waals surface area contributed by atoms with Crippen LogP contribution in [0.25, 0.3) is 0 Å². The molecule has 0 amide bonds. The van der Waals surface area contributed by atoms with E-state index in [0.29, 0.717) is 10.9 Å². The number of rotatable bonds is 5. The van der Waals surface area contributed by atoms with Crippen LogP contribution in [0.4, 0.5) is 14.5 Å². The lowest BCUT2D eigenvalue weighted by Crippen LogP contribution is -2.08. The third-order valence-corrected chi connectivity index (χ3v) is 2.39. The first kappa shape index (κ1) is 12.8. The Labute approximate surface area is 98.5 Å². The summed E-state index contributed by atoms with van der Waals surface area (Å²) in [6.45, 7) is -0.853. The molecule has 0 aliphatic carbocycles. The second kappa shape index (κ2) is 5.74. The van der Waals surface area contributed by atoms with Crippen molar-refractivity contribution in [3.8, 4) is 5.75 Å². The number of nitrogens with zero attached hydrogens (tertiary/aromatic N) is 1. The van der Waals surface area contributed by atoms with E-state index in [0.717, 1.165) is 0 Å². The number of alkyl halides is 3. The largest absolute Gasteiger partial charge is 0.481 e. The van der Waals surface area contributed by atoms with Crippen LogP contribution in [0.5, 0.6) is 5.75 Å². The molecule has 0 unspecified atom stereocenters. The van der Waals surface area contributed by atoms with Gasteiger partial charge in [-0.1, -0.05) is 22.0 Å². The molecule has 0 heterocycles. The number of hydrogen-bond donors (Lipinski definition) is 0. The fourth-order valence-corrected chi connectivity index (χ4v) is 1.41. The average molecular weight is 296 g/mol. The summed E-state index contributed by atoms with van der Waals surface area (Å²) in [7, 11) is 0. The Hall–Kier alpha value is -1.24. The van der Waals surface area contributed by atoms with Gasteiger partial charge in [-0.15, -0.1) is 0 Å². The van der Waals surface area contributed by atoms with Crippen LogP contribution in [0, 0.1) is 10.1 Å². The van der Waals surface area contributed by atoms with Gasteiger partial charge in [0.15, 0.2) is 5.75 Å². The molecule has 0 N–H and O–H groups in total. The van der Waals surface area contributed by atoms with Crippen LogP contribution in [0.3, 0.4) is 0 Å². The molecule has 0 fully saturated rings. The molecule has 1 aromatic carbocycles. The smallest absolute Gasteiger partial charge is 0.311 e. The van der Waals surface area contributed by atoms with Crippen LogP contribution in [0.1, 0.15) is 5.56 Å². The summed E-state index contributed by atoms with van der Waals surface area (Å²) in [6, 6.07) is 4.18. The first-order valence-corrected chi connectivity index (χ1v) is 5.41. The Morgan fingerprint density at radius 2 is 2.19 bits per heavy atom. The van der Waals surface area contributed by atoms with E-state index < -0.39 is 18.0 Å². The lowest BCUT2D eigenvalue weighted by Gasteiger charge is -2.06. The molecule has 0 spiro atoms. The highest BCUT2D eigenvalue weighted by Gasteiger charge is 2.17. The standard InChI is InChI=1S/C9H8BrF2NO3/c10-4-6-1-2-8(16-5-9(11)12)7(3-6)13(14)15/h1-3,9H,4-5H2. The van der Waals surface area contributed by atoms with E-state index in [9.17, 15) is 18.9 Å². The fraction of sp³-hybridized carbons (Fsp3) is 0.333. The van der Waals surface area contributed by atoms with E-state index >= 15 is 0 Å². The molecule has 16 heavy (non-hydrogen) atoms. The van der Waals surface area contributed by atoms with Crippen molar-refractivity contribution < 1.29 is 18.4 Å². The Balaban J connectivity index is 2.94. The van der Waals surface area contributed by atoms with Crippen LogP contribution in [0.15, 0.2) is 18.2 Å². The molecule has 0 saturated heterocycles. The Morgan fingerprint density at radius 1 is 1.50 bits per heavy atom. The number of benzene rings is 1. The van der Waals surface area contributed by atoms with E-state index in [1.165, 1.54) is 12.1 Å². The molecule has 0 saturated carbocycles. The number of nitro groups is 1. The number of ether oxygens (including phenoxy) is 1. The number of hydrogen-bond acceptors (Lipinski definition) is 3.